The molecule has 0 aromatic heterocycles. The van der Waals surface area contributed by atoms with E-state index in [1.807, 2.05) is 13.0 Å². The highest BCUT2D eigenvalue weighted by atomic mass is 19.2. The van der Waals surface area contributed by atoms with Crippen LogP contribution in [-0.2, 0) is 25.7 Å². The lowest BCUT2D eigenvalue weighted by Gasteiger charge is -2.23. The quantitative estimate of drug-likeness (QED) is 0.284. The summed E-state index contributed by atoms with van der Waals surface area (Å²) >= 11 is 0. The van der Waals surface area contributed by atoms with E-state index in [4.69, 9.17) is 9.47 Å². The maximum atomic E-state index is 14.8. The molecule has 3 aromatic rings. The van der Waals surface area contributed by atoms with Gasteiger partial charge in [-0.15, -0.1) is 0 Å². The molecule has 0 N–H and O–H groups in total. The molecule has 32 heavy (non-hydrogen) atoms. The van der Waals surface area contributed by atoms with Crippen molar-refractivity contribution in [1.82, 2.24) is 0 Å². The summed E-state index contributed by atoms with van der Waals surface area (Å²) in [4.78, 5) is 0. The number of rotatable bonds is 7. The fraction of sp³-hybridized carbons (Fsp3) is 0.308. The maximum Gasteiger partial charge on any atom is 0.207 e. The molecule has 0 saturated heterocycles. The van der Waals surface area contributed by atoms with Gasteiger partial charge in [0.2, 0.25) is 11.6 Å². The molecule has 1 aliphatic rings. The van der Waals surface area contributed by atoms with Crippen LogP contribution in [0.1, 0.15) is 48.1 Å². The van der Waals surface area contributed by atoms with Gasteiger partial charge < -0.3 is 9.47 Å². The van der Waals surface area contributed by atoms with E-state index in [-0.39, 0.29) is 54.5 Å². The second kappa shape index (κ2) is 9.23. The molecule has 4 rings (SSSR count). The van der Waals surface area contributed by atoms with E-state index >= 15 is 0 Å². The third-order valence-electron chi connectivity index (χ3n) is 5.66. The monoisotopic (exact) mass is 444 g/mol. The van der Waals surface area contributed by atoms with Crippen LogP contribution in [0.4, 0.5) is 17.6 Å². The van der Waals surface area contributed by atoms with Crippen molar-refractivity contribution in [1.29, 1.82) is 0 Å². The molecule has 2 nitrogen and oxygen atoms in total. The third-order valence-corrected chi connectivity index (χ3v) is 5.66. The van der Waals surface area contributed by atoms with Crippen LogP contribution in [0, 0.1) is 23.3 Å². The van der Waals surface area contributed by atoms with E-state index < -0.39 is 17.5 Å². The van der Waals surface area contributed by atoms with Gasteiger partial charge in [0.05, 0.1) is 6.61 Å². The summed E-state index contributed by atoms with van der Waals surface area (Å²) in [5.74, 6) is -3.77. The van der Waals surface area contributed by atoms with Gasteiger partial charge in [-0.25, -0.2) is 8.78 Å². The summed E-state index contributed by atoms with van der Waals surface area (Å²) in [5, 5.41) is 0. The molecule has 0 saturated carbocycles. The van der Waals surface area contributed by atoms with Crippen LogP contribution in [0.3, 0.4) is 0 Å². The van der Waals surface area contributed by atoms with Crippen LogP contribution in [0.2, 0.25) is 0 Å². The number of hydrogen-bond acceptors (Lipinski definition) is 2. The van der Waals surface area contributed by atoms with Crippen molar-refractivity contribution in [3.8, 4) is 17.2 Å². The second-order valence-corrected chi connectivity index (χ2v) is 7.91. The number of aryl methyl sites for hydroxylation is 3. The van der Waals surface area contributed by atoms with Crippen molar-refractivity contribution in [3.63, 3.8) is 0 Å². The van der Waals surface area contributed by atoms with Crippen LogP contribution < -0.4 is 9.47 Å². The highest BCUT2D eigenvalue weighted by Crippen LogP contribution is 2.43. The molecule has 3 aromatic carbocycles. The van der Waals surface area contributed by atoms with Gasteiger partial charge in [-0.05, 0) is 61.1 Å². The van der Waals surface area contributed by atoms with Crippen molar-refractivity contribution in [2.24, 2.45) is 0 Å². The molecule has 0 fully saturated rings. The summed E-state index contributed by atoms with van der Waals surface area (Å²) in [5.41, 5.74) is 2.45. The summed E-state index contributed by atoms with van der Waals surface area (Å²) < 4.78 is 69.3. The van der Waals surface area contributed by atoms with E-state index in [0.29, 0.717) is 16.7 Å². The molecule has 1 heterocycles. The van der Waals surface area contributed by atoms with Gasteiger partial charge in [0.15, 0.2) is 23.1 Å². The molecular formula is C26H24F4O2. The molecule has 6 heteroatoms. The number of benzene rings is 3. The first-order valence-electron chi connectivity index (χ1n) is 10.8. The first-order valence-corrected chi connectivity index (χ1v) is 10.8. The van der Waals surface area contributed by atoms with Crippen molar-refractivity contribution >= 4 is 0 Å². The Balaban J connectivity index is 1.59. The van der Waals surface area contributed by atoms with Crippen LogP contribution in [0.25, 0.3) is 0 Å². The fourth-order valence-corrected chi connectivity index (χ4v) is 4.05. The van der Waals surface area contributed by atoms with Gasteiger partial charge >= 0.3 is 0 Å². The topological polar surface area (TPSA) is 18.5 Å². The molecule has 0 radical (unpaired) electrons. The Labute approximate surface area is 184 Å². The van der Waals surface area contributed by atoms with E-state index in [9.17, 15) is 17.6 Å². The van der Waals surface area contributed by atoms with Crippen LogP contribution in [-0.4, -0.2) is 6.61 Å². The minimum absolute atomic E-state index is 0.000757. The predicted octanol–water partition coefficient (Wildman–Crippen LogP) is 7.08. The highest BCUT2D eigenvalue weighted by molar-refractivity contribution is 5.54. The zero-order valence-electron chi connectivity index (χ0n) is 18.0. The van der Waals surface area contributed by atoms with Crippen molar-refractivity contribution in [2.45, 2.75) is 46.0 Å². The van der Waals surface area contributed by atoms with Crippen LogP contribution >= 0.6 is 0 Å². The normalized spacial score (nSPS) is 12.2. The average molecular weight is 444 g/mol. The number of fused-ring (bicyclic) bond motifs is 2. The summed E-state index contributed by atoms with van der Waals surface area (Å²) in [6.45, 7) is 4.01. The summed E-state index contributed by atoms with van der Waals surface area (Å²) in [7, 11) is 0. The van der Waals surface area contributed by atoms with Crippen LogP contribution in [0.5, 0.6) is 17.2 Å². The van der Waals surface area contributed by atoms with Crippen molar-refractivity contribution in [3.05, 3.63) is 87.5 Å². The molecule has 0 spiro atoms. The molecule has 0 unspecified atom stereocenters. The van der Waals surface area contributed by atoms with Gasteiger partial charge in [-0.3, -0.25) is 0 Å². The average Bonchev–Trinajstić information content (AvgIpc) is 2.78. The minimum Gasteiger partial charge on any atom is -0.491 e. The molecular weight excluding hydrogens is 420 g/mol. The van der Waals surface area contributed by atoms with Crippen molar-refractivity contribution < 1.29 is 27.0 Å². The lowest BCUT2D eigenvalue weighted by Crippen LogP contribution is -2.11. The highest BCUT2D eigenvalue weighted by Gasteiger charge is 2.28. The minimum atomic E-state index is -1.16. The molecule has 1 aliphatic heterocycles. The lowest BCUT2D eigenvalue weighted by molar-refractivity contribution is 0.309. The van der Waals surface area contributed by atoms with Gasteiger partial charge in [0.25, 0.3) is 0 Å². The first kappa shape index (κ1) is 22.2. The predicted molar refractivity (Wildman–Crippen MR) is 115 cm³/mol. The lowest BCUT2D eigenvalue weighted by atomic mass is 9.95. The van der Waals surface area contributed by atoms with Gasteiger partial charge in [-0.1, -0.05) is 31.5 Å². The summed E-state index contributed by atoms with van der Waals surface area (Å²) in [6, 6.07) is 9.73. The third kappa shape index (κ3) is 4.18. The standard InChI is InChI=1S/C26H24F4O2/c1-3-5-15-6-7-16(20(27)12-15)8-9-17-13-19-14-18-10-11-21(31-4-2)23(29)25(18)32-26(19)24(30)22(17)28/h6-7,10-13H,3-5,8-9,14H2,1-2H3. The Morgan fingerprint density at radius 3 is 2.25 bits per heavy atom. The zero-order valence-corrected chi connectivity index (χ0v) is 18.0. The number of hydrogen-bond donors (Lipinski definition) is 0. The van der Waals surface area contributed by atoms with Gasteiger partial charge in [-0.2, -0.15) is 8.78 Å². The first-order chi connectivity index (χ1) is 15.4. The Hall–Kier alpha value is -3.02. The number of ether oxygens (including phenoxy) is 2. The summed E-state index contributed by atoms with van der Waals surface area (Å²) in [6.07, 6.45) is 2.26. The molecule has 0 atom stereocenters. The zero-order chi connectivity index (χ0) is 22.8. The molecule has 168 valence electrons. The van der Waals surface area contributed by atoms with E-state index in [1.165, 1.54) is 18.2 Å². The van der Waals surface area contributed by atoms with Crippen LogP contribution in [0.15, 0.2) is 36.4 Å². The Morgan fingerprint density at radius 2 is 1.53 bits per heavy atom. The second-order valence-electron chi connectivity index (χ2n) is 7.91. The van der Waals surface area contributed by atoms with Crippen molar-refractivity contribution in [2.75, 3.05) is 6.61 Å². The molecule has 0 bridgehead atoms. The Morgan fingerprint density at radius 1 is 0.781 bits per heavy atom. The molecule has 0 aliphatic carbocycles. The smallest absolute Gasteiger partial charge is 0.207 e. The van der Waals surface area contributed by atoms with E-state index in [2.05, 4.69) is 0 Å². The maximum absolute atomic E-state index is 14.8. The number of halogens is 4. The Kier molecular flexibility index (Phi) is 6.40. The van der Waals surface area contributed by atoms with Gasteiger partial charge in [0, 0.05) is 17.5 Å². The van der Waals surface area contributed by atoms with E-state index in [0.717, 1.165) is 18.4 Å². The SMILES string of the molecule is CCCc1ccc(CCc2cc3c(c(F)c2F)Oc2c(ccc(OCC)c2F)C3)c(F)c1. The fourth-order valence-electron chi connectivity index (χ4n) is 4.05. The Bertz CT molecular complexity index is 1160. The molecule has 0 amide bonds. The van der Waals surface area contributed by atoms with E-state index in [1.54, 1.807) is 19.1 Å². The van der Waals surface area contributed by atoms with Gasteiger partial charge in [0.1, 0.15) is 5.82 Å². The largest absolute Gasteiger partial charge is 0.491 e.